The molecule has 0 aromatic carbocycles. The molecule has 0 aliphatic carbocycles. The third kappa shape index (κ3) is 2.07. The Hall–Kier alpha value is -1.01. The lowest BCUT2D eigenvalue weighted by Crippen LogP contribution is -2.05. The van der Waals surface area contributed by atoms with E-state index in [0.29, 0.717) is 15.3 Å². The second-order valence-corrected chi connectivity index (χ2v) is 5.44. The Kier molecular flexibility index (Phi) is 3.18. The van der Waals surface area contributed by atoms with Gasteiger partial charge in [0.25, 0.3) is 0 Å². The number of imidazole rings is 1. The topological polar surface area (TPSA) is 38.5 Å². The maximum atomic E-state index is 5.38. The highest BCUT2D eigenvalue weighted by molar-refractivity contribution is 7.72. The van der Waals surface area contributed by atoms with Crippen molar-refractivity contribution >= 4 is 35.6 Å². The third-order valence-corrected chi connectivity index (χ3v) is 3.77. The fraction of sp³-hybridized carbons (Fsp3) is 0.545. The van der Waals surface area contributed by atoms with Gasteiger partial charge in [0, 0.05) is 20.5 Å². The van der Waals surface area contributed by atoms with Gasteiger partial charge in [-0.3, -0.25) is 0 Å². The van der Waals surface area contributed by atoms with Crippen molar-refractivity contribution in [1.82, 2.24) is 19.1 Å². The number of rotatable bonds is 2. The van der Waals surface area contributed by atoms with Crippen LogP contribution in [0.5, 0.6) is 0 Å². The smallest absolute Gasteiger partial charge is 0.182 e. The minimum atomic E-state index is 0.561. The van der Waals surface area contributed by atoms with Gasteiger partial charge in [0.15, 0.2) is 10.4 Å². The number of aromatic amines is 1. The van der Waals surface area contributed by atoms with E-state index in [0.717, 1.165) is 23.4 Å². The van der Waals surface area contributed by atoms with E-state index in [9.17, 15) is 0 Å². The van der Waals surface area contributed by atoms with Gasteiger partial charge in [-0.15, -0.1) is 0 Å². The summed E-state index contributed by atoms with van der Waals surface area (Å²) < 4.78 is 5.11. The van der Waals surface area contributed by atoms with Crippen LogP contribution in [0.3, 0.4) is 0 Å². The minimum Gasteiger partial charge on any atom is -0.338 e. The van der Waals surface area contributed by atoms with Crippen LogP contribution >= 0.6 is 24.4 Å². The minimum absolute atomic E-state index is 0.561. The number of aryl methyl sites for hydroxylation is 1. The van der Waals surface area contributed by atoms with Gasteiger partial charge in [-0.05, 0) is 18.1 Å². The van der Waals surface area contributed by atoms with Crippen molar-refractivity contribution in [2.75, 3.05) is 0 Å². The highest BCUT2D eigenvalue weighted by atomic mass is 32.1. The maximum absolute atomic E-state index is 5.38. The molecule has 0 spiro atoms. The van der Waals surface area contributed by atoms with E-state index in [4.69, 9.17) is 24.4 Å². The molecular weight excluding hydrogens is 252 g/mol. The normalized spacial score (nSPS) is 11.6. The van der Waals surface area contributed by atoms with Crippen LogP contribution in [-0.4, -0.2) is 19.1 Å². The van der Waals surface area contributed by atoms with Crippen LogP contribution in [0.15, 0.2) is 0 Å². The van der Waals surface area contributed by atoms with Gasteiger partial charge in [-0.1, -0.05) is 26.1 Å². The van der Waals surface area contributed by atoms with E-state index in [1.165, 1.54) is 0 Å². The molecule has 2 aromatic heterocycles. The zero-order valence-corrected chi connectivity index (χ0v) is 12.1. The number of hydrogen-bond donors (Lipinski definition) is 1. The molecule has 2 aromatic rings. The van der Waals surface area contributed by atoms with Crippen LogP contribution < -0.4 is 0 Å². The van der Waals surface area contributed by atoms with Crippen LogP contribution in [0, 0.1) is 15.3 Å². The Morgan fingerprint density at radius 3 is 2.47 bits per heavy atom. The van der Waals surface area contributed by atoms with Crippen molar-refractivity contribution in [2.24, 2.45) is 20.0 Å². The van der Waals surface area contributed by atoms with E-state index >= 15 is 0 Å². The van der Waals surface area contributed by atoms with Crippen molar-refractivity contribution in [3.05, 3.63) is 15.2 Å². The lowest BCUT2D eigenvalue weighted by molar-refractivity contribution is 0.626. The fourth-order valence-electron chi connectivity index (χ4n) is 1.86. The van der Waals surface area contributed by atoms with Crippen molar-refractivity contribution in [3.63, 3.8) is 0 Å². The molecule has 0 unspecified atom stereocenters. The van der Waals surface area contributed by atoms with Crippen LogP contribution in [0.25, 0.3) is 11.2 Å². The Morgan fingerprint density at radius 1 is 1.24 bits per heavy atom. The first-order chi connectivity index (χ1) is 7.91. The molecule has 2 heterocycles. The predicted octanol–water partition coefficient (Wildman–Crippen LogP) is 2.90. The molecule has 92 valence electrons. The van der Waals surface area contributed by atoms with E-state index in [2.05, 4.69) is 23.8 Å². The number of fused-ring (bicyclic) bond motifs is 1. The van der Waals surface area contributed by atoms with Crippen molar-refractivity contribution in [2.45, 2.75) is 20.3 Å². The van der Waals surface area contributed by atoms with Crippen LogP contribution in [-0.2, 0) is 20.5 Å². The first-order valence-corrected chi connectivity index (χ1v) is 6.38. The molecule has 0 atom stereocenters. The molecule has 0 radical (unpaired) electrons. The zero-order chi connectivity index (χ0) is 12.7. The van der Waals surface area contributed by atoms with Crippen molar-refractivity contribution in [1.29, 1.82) is 0 Å². The zero-order valence-electron chi connectivity index (χ0n) is 10.4. The first-order valence-electron chi connectivity index (χ1n) is 5.56. The van der Waals surface area contributed by atoms with Crippen LogP contribution in [0.1, 0.15) is 19.7 Å². The number of H-pyrrole nitrogens is 1. The molecule has 4 nitrogen and oxygen atoms in total. The Labute approximate surface area is 110 Å². The Bertz CT molecular complexity index is 675. The summed E-state index contributed by atoms with van der Waals surface area (Å²) in [5, 5.41) is 0. The fourth-order valence-corrected chi connectivity index (χ4v) is 2.32. The molecule has 0 saturated heterocycles. The molecule has 0 aliphatic heterocycles. The van der Waals surface area contributed by atoms with E-state index < -0.39 is 0 Å². The summed E-state index contributed by atoms with van der Waals surface area (Å²) in [7, 11) is 3.80. The lowest BCUT2D eigenvalue weighted by Gasteiger charge is -2.05. The summed E-state index contributed by atoms with van der Waals surface area (Å²) in [4.78, 5) is 7.88. The molecule has 6 heteroatoms. The van der Waals surface area contributed by atoms with Gasteiger partial charge in [-0.25, -0.2) is 4.98 Å². The second kappa shape index (κ2) is 4.34. The molecular formula is C11H16N4S2. The molecule has 17 heavy (non-hydrogen) atoms. The van der Waals surface area contributed by atoms with Gasteiger partial charge in [0.1, 0.15) is 16.0 Å². The van der Waals surface area contributed by atoms with Gasteiger partial charge in [-0.2, -0.15) is 0 Å². The van der Waals surface area contributed by atoms with Gasteiger partial charge < -0.3 is 14.1 Å². The summed E-state index contributed by atoms with van der Waals surface area (Å²) in [5.74, 6) is 1.53. The average molecular weight is 268 g/mol. The highest BCUT2D eigenvalue weighted by Gasteiger charge is 2.10. The second-order valence-electron chi connectivity index (χ2n) is 4.69. The monoisotopic (exact) mass is 268 g/mol. The quantitative estimate of drug-likeness (QED) is 0.851. The molecule has 0 bridgehead atoms. The highest BCUT2D eigenvalue weighted by Crippen LogP contribution is 2.15. The standard InChI is InChI=1S/C11H16N4S2/c1-6(2)5-7-12-8-9(13-7)14(3)11(17)15(4)10(8)16/h6H,5H2,1-4H3,(H,12,13). The van der Waals surface area contributed by atoms with E-state index in [1.807, 2.05) is 23.2 Å². The van der Waals surface area contributed by atoms with Gasteiger partial charge in [0.05, 0.1) is 0 Å². The summed E-state index contributed by atoms with van der Waals surface area (Å²) in [6.45, 7) is 4.33. The molecule has 2 rings (SSSR count). The Morgan fingerprint density at radius 2 is 1.88 bits per heavy atom. The molecule has 0 fully saturated rings. The number of hydrogen-bond acceptors (Lipinski definition) is 3. The summed E-state index contributed by atoms with van der Waals surface area (Å²) in [5.41, 5.74) is 1.74. The molecule has 0 amide bonds. The maximum Gasteiger partial charge on any atom is 0.182 e. The summed E-state index contributed by atoms with van der Waals surface area (Å²) in [6, 6.07) is 0. The summed E-state index contributed by atoms with van der Waals surface area (Å²) >= 11 is 10.7. The van der Waals surface area contributed by atoms with Crippen LogP contribution in [0.4, 0.5) is 0 Å². The SMILES string of the molecule is CC(C)Cc1nc2c([nH]1)c(=S)n(C)c(=S)n2C. The number of nitrogens with one attached hydrogen (secondary N) is 1. The lowest BCUT2D eigenvalue weighted by atomic mass is 10.1. The average Bonchev–Trinajstić information content (AvgIpc) is 2.66. The first kappa shape index (κ1) is 12.4. The van der Waals surface area contributed by atoms with E-state index in [-0.39, 0.29) is 0 Å². The number of aromatic nitrogens is 4. The van der Waals surface area contributed by atoms with E-state index in [1.54, 1.807) is 0 Å². The predicted molar refractivity (Wildman–Crippen MR) is 74.2 cm³/mol. The third-order valence-electron chi connectivity index (χ3n) is 2.75. The van der Waals surface area contributed by atoms with Gasteiger partial charge >= 0.3 is 0 Å². The Balaban J connectivity index is 2.77. The van der Waals surface area contributed by atoms with Gasteiger partial charge in [0.2, 0.25) is 0 Å². The largest absolute Gasteiger partial charge is 0.338 e. The summed E-state index contributed by atoms with van der Waals surface area (Å²) in [6.07, 6.45) is 0.917. The van der Waals surface area contributed by atoms with Crippen molar-refractivity contribution < 1.29 is 0 Å². The molecule has 0 saturated carbocycles. The van der Waals surface area contributed by atoms with Crippen molar-refractivity contribution in [3.8, 4) is 0 Å². The number of nitrogens with zero attached hydrogens (tertiary/aromatic N) is 3. The molecule has 0 aliphatic rings. The molecule has 1 N–H and O–H groups in total. The van der Waals surface area contributed by atoms with Crippen LogP contribution in [0.2, 0.25) is 0 Å².